The van der Waals surface area contributed by atoms with Crippen LogP contribution in [0.15, 0.2) is 42.6 Å². The second-order valence-electron chi connectivity index (χ2n) is 4.57. The molecule has 0 fully saturated rings. The van der Waals surface area contributed by atoms with E-state index >= 15 is 0 Å². The topological polar surface area (TPSA) is 70.7 Å². The van der Waals surface area contributed by atoms with Crippen molar-refractivity contribution < 1.29 is 4.79 Å². The Kier molecular flexibility index (Phi) is 3.83. The molecule has 5 nitrogen and oxygen atoms in total. The van der Waals surface area contributed by atoms with Crippen LogP contribution in [0.25, 0.3) is 11.0 Å². The number of nitrogens with one attached hydrogen (secondary N) is 2. The molecule has 0 atom stereocenters. The number of para-hydroxylation sites is 2. The van der Waals surface area contributed by atoms with Crippen molar-refractivity contribution in [3.8, 4) is 0 Å². The maximum absolute atomic E-state index is 11.9. The van der Waals surface area contributed by atoms with Crippen molar-refractivity contribution in [1.29, 1.82) is 0 Å². The highest BCUT2D eigenvalue weighted by Gasteiger charge is 2.07. The molecule has 106 valence electrons. The Morgan fingerprint density at radius 2 is 2.10 bits per heavy atom. The fourth-order valence-electron chi connectivity index (χ4n) is 2.02. The van der Waals surface area contributed by atoms with Crippen molar-refractivity contribution in [3.05, 3.63) is 59.1 Å². The highest BCUT2D eigenvalue weighted by atomic mass is 35.5. The van der Waals surface area contributed by atoms with Crippen molar-refractivity contribution in [2.45, 2.75) is 6.42 Å². The van der Waals surface area contributed by atoms with Crippen molar-refractivity contribution >= 4 is 28.5 Å². The van der Waals surface area contributed by atoms with Crippen LogP contribution in [0.2, 0.25) is 5.02 Å². The summed E-state index contributed by atoms with van der Waals surface area (Å²) >= 11 is 5.73. The number of fused-ring (bicyclic) bond motifs is 1. The van der Waals surface area contributed by atoms with E-state index in [0.717, 1.165) is 16.9 Å². The van der Waals surface area contributed by atoms with Crippen molar-refractivity contribution in [2.24, 2.45) is 0 Å². The number of nitrogens with zero attached hydrogens (tertiary/aromatic N) is 2. The van der Waals surface area contributed by atoms with E-state index in [-0.39, 0.29) is 5.91 Å². The van der Waals surface area contributed by atoms with Crippen LogP contribution in [0, 0.1) is 0 Å². The van der Waals surface area contributed by atoms with Crippen LogP contribution >= 0.6 is 11.6 Å². The molecule has 0 aliphatic heterocycles. The third-order valence-corrected chi connectivity index (χ3v) is 3.27. The highest BCUT2D eigenvalue weighted by molar-refractivity contribution is 6.30. The Morgan fingerprint density at radius 1 is 1.24 bits per heavy atom. The van der Waals surface area contributed by atoms with Crippen LogP contribution in [0.3, 0.4) is 0 Å². The quantitative estimate of drug-likeness (QED) is 0.778. The van der Waals surface area contributed by atoms with Gasteiger partial charge in [0.2, 0.25) is 0 Å². The number of rotatable bonds is 4. The number of aromatic nitrogens is 3. The van der Waals surface area contributed by atoms with E-state index in [4.69, 9.17) is 11.6 Å². The molecule has 2 heterocycles. The summed E-state index contributed by atoms with van der Waals surface area (Å²) in [6.07, 6.45) is 2.09. The monoisotopic (exact) mass is 300 g/mol. The molecule has 3 aromatic rings. The summed E-state index contributed by atoms with van der Waals surface area (Å²) in [7, 11) is 0. The number of imidazole rings is 1. The van der Waals surface area contributed by atoms with Gasteiger partial charge in [-0.05, 0) is 24.3 Å². The molecule has 0 radical (unpaired) electrons. The molecule has 2 aromatic heterocycles. The maximum Gasteiger partial charge on any atom is 0.269 e. The molecular weight excluding hydrogens is 288 g/mol. The molecule has 0 saturated heterocycles. The van der Waals surface area contributed by atoms with E-state index in [1.807, 2.05) is 24.3 Å². The number of carbonyl (C=O) groups excluding carboxylic acids is 1. The first-order valence-electron chi connectivity index (χ1n) is 6.56. The fraction of sp³-hybridized carbons (Fsp3) is 0.133. The Bertz CT molecular complexity index is 734. The molecule has 2 N–H and O–H groups in total. The summed E-state index contributed by atoms with van der Waals surface area (Å²) in [6, 6.07) is 11.1. The predicted molar refractivity (Wildman–Crippen MR) is 81.4 cm³/mol. The van der Waals surface area contributed by atoms with E-state index in [2.05, 4.69) is 20.3 Å². The zero-order chi connectivity index (χ0) is 14.7. The lowest BCUT2D eigenvalue weighted by Crippen LogP contribution is -2.26. The van der Waals surface area contributed by atoms with E-state index in [0.29, 0.717) is 23.7 Å². The number of carbonyl (C=O) groups is 1. The number of halogens is 1. The largest absolute Gasteiger partial charge is 0.350 e. The van der Waals surface area contributed by atoms with Gasteiger partial charge in [-0.25, -0.2) is 9.97 Å². The molecule has 1 amide bonds. The van der Waals surface area contributed by atoms with Crippen LogP contribution in [0.5, 0.6) is 0 Å². The van der Waals surface area contributed by atoms with Gasteiger partial charge in [-0.1, -0.05) is 23.7 Å². The number of H-pyrrole nitrogens is 1. The van der Waals surface area contributed by atoms with Crippen LogP contribution in [0.1, 0.15) is 16.3 Å². The highest BCUT2D eigenvalue weighted by Crippen LogP contribution is 2.10. The molecular formula is C15H13ClN4O. The number of benzene rings is 1. The Hall–Kier alpha value is -2.40. The summed E-state index contributed by atoms with van der Waals surface area (Å²) in [6.45, 7) is 0.489. The summed E-state index contributed by atoms with van der Waals surface area (Å²) in [4.78, 5) is 23.5. The van der Waals surface area contributed by atoms with Crippen LogP contribution < -0.4 is 5.32 Å². The molecule has 0 saturated carbocycles. The standard InChI is InChI=1S/C15H13ClN4O/c16-10-5-6-13(18-9-10)15(21)17-8-7-14-19-11-3-1-2-4-12(11)20-14/h1-6,9H,7-8H2,(H,17,21)(H,19,20). The summed E-state index contributed by atoms with van der Waals surface area (Å²) in [5, 5.41) is 3.31. The molecule has 6 heteroatoms. The number of amides is 1. The third kappa shape index (κ3) is 3.20. The van der Waals surface area contributed by atoms with Crippen molar-refractivity contribution in [1.82, 2.24) is 20.3 Å². The number of hydrogen-bond donors (Lipinski definition) is 2. The lowest BCUT2D eigenvalue weighted by atomic mass is 10.3. The molecule has 0 bridgehead atoms. The van der Waals surface area contributed by atoms with Gasteiger partial charge in [0.15, 0.2) is 0 Å². The maximum atomic E-state index is 11.9. The molecule has 3 rings (SSSR count). The first-order valence-corrected chi connectivity index (χ1v) is 6.93. The number of hydrogen-bond acceptors (Lipinski definition) is 3. The Morgan fingerprint density at radius 3 is 2.86 bits per heavy atom. The first-order chi connectivity index (χ1) is 10.2. The van der Waals surface area contributed by atoms with Crippen LogP contribution in [-0.4, -0.2) is 27.4 Å². The Balaban J connectivity index is 1.58. The van der Waals surface area contributed by atoms with Gasteiger partial charge >= 0.3 is 0 Å². The van der Waals surface area contributed by atoms with Gasteiger partial charge in [-0.2, -0.15) is 0 Å². The fourth-order valence-corrected chi connectivity index (χ4v) is 2.13. The smallest absolute Gasteiger partial charge is 0.269 e. The van der Waals surface area contributed by atoms with E-state index in [1.54, 1.807) is 12.1 Å². The third-order valence-electron chi connectivity index (χ3n) is 3.05. The zero-order valence-corrected chi connectivity index (χ0v) is 11.9. The number of pyridine rings is 1. The minimum atomic E-state index is -0.220. The second-order valence-corrected chi connectivity index (χ2v) is 5.00. The molecule has 1 aromatic carbocycles. The minimum absolute atomic E-state index is 0.220. The minimum Gasteiger partial charge on any atom is -0.350 e. The van der Waals surface area contributed by atoms with Crippen LogP contribution in [0.4, 0.5) is 0 Å². The molecule has 0 spiro atoms. The van der Waals surface area contributed by atoms with E-state index in [1.165, 1.54) is 6.20 Å². The lowest BCUT2D eigenvalue weighted by Gasteiger charge is -2.03. The van der Waals surface area contributed by atoms with Gasteiger partial charge in [-0.15, -0.1) is 0 Å². The predicted octanol–water partition coefficient (Wildman–Crippen LogP) is 2.58. The zero-order valence-electron chi connectivity index (χ0n) is 11.1. The molecule has 0 unspecified atom stereocenters. The normalized spacial score (nSPS) is 10.7. The second kappa shape index (κ2) is 5.93. The molecule has 0 aliphatic rings. The summed E-state index contributed by atoms with van der Waals surface area (Å²) < 4.78 is 0. The van der Waals surface area contributed by atoms with E-state index < -0.39 is 0 Å². The van der Waals surface area contributed by atoms with Gasteiger partial charge in [-0.3, -0.25) is 4.79 Å². The lowest BCUT2D eigenvalue weighted by molar-refractivity contribution is 0.0949. The van der Waals surface area contributed by atoms with Crippen molar-refractivity contribution in [2.75, 3.05) is 6.54 Å². The first kappa shape index (κ1) is 13.6. The van der Waals surface area contributed by atoms with Crippen LogP contribution in [-0.2, 0) is 6.42 Å². The van der Waals surface area contributed by atoms with E-state index in [9.17, 15) is 4.79 Å². The van der Waals surface area contributed by atoms with Gasteiger partial charge in [0, 0.05) is 19.2 Å². The molecule has 0 aliphatic carbocycles. The van der Waals surface area contributed by atoms with Crippen molar-refractivity contribution in [3.63, 3.8) is 0 Å². The van der Waals surface area contributed by atoms with Gasteiger partial charge in [0.1, 0.15) is 11.5 Å². The number of aromatic amines is 1. The van der Waals surface area contributed by atoms with Gasteiger partial charge < -0.3 is 10.3 Å². The summed E-state index contributed by atoms with van der Waals surface area (Å²) in [5.41, 5.74) is 2.28. The summed E-state index contributed by atoms with van der Waals surface area (Å²) in [5.74, 6) is 0.628. The average molecular weight is 301 g/mol. The average Bonchev–Trinajstić information content (AvgIpc) is 2.90. The molecule has 21 heavy (non-hydrogen) atoms. The van der Waals surface area contributed by atoms with Gasteiger partial charge in [0.25, 0.3) is 5.91 Å². The SMILES string of the molecule is O=C(NCCc1nc2ccccc2[nH]1)c1ccc(Cl)cn1. The Labute approximate surface area is 126 Å². The van der Waals surface area contributed by atoms with Gasteiger partial charge in [0.05, 0.1) is 16.1 Å².